The number of amides is 1. The van der Waals surface area contributed by atoms with Crippen molar-refractivity contribution in [2.24, 2.45) is 0 Å². The van der Waals surface area contributed by atoms with Gasteiger partial charge in [-0.3, -0.25) is 4.79 Å². The number of rotatable bonds is 2. The van der Waals surface area contributed by atoms with Crippen LogP contribution < -0.4 is 0 Å². The first-order valence-electron chi connectivity index (χ1n) is 5.96. The number of nitrogens with zero attached hydrogens (tertiary/aromatic N) is 1. The van der Waals surface area contributed by atoms with Gasteiger partial charge in [0, 0.05) is 18.7 Å². The van der Waals surface area contributed by atoms with Crippen LogP contribution in [0.1, 0.15) is 21.5 Å². The Labute approximate surface area is 109 Å². The van der Waals surface area contributed by atoms with Gasteiger partial charge in [0.05, 0.1) is 0 Å². The van der Waals surface area contributed by atoms with E-state index in [1.54, 1.807) is 4.90 Å². The maximum Gasteiger partial charge on any atom is 0.254 e. The molecule has 19 heavy (non-hydrogen) atoms. The minimum atomic E-state index is -0.978. The molecule has 0 radical (unpaired) electrons. The van der Waals surface area contributed by atoms with Gasteiger partial charge in [0.2, 0.25) is 0 Å². The predicted octanol–water partition coefficient (Wildman–Crippen LogP) is 3.12. The van der Waals surface area contributed by atoms with Gasteiger partial charge in [-0.05, 0) is 23.3 Å². The van der Waals surface area contributed by atoms with Gasteiger partial charge in [-0.2, -0.15) is 0 Å². The fraction of sp³-hybridized carbons (Fsp3) is 0.133. The Bertz CT molecular complexity index is 640. The molecule has 0 bridgehead atoms. The summed E-state index contributed by atoms with van der Waals surface area (Å²) in [5.74, 6) is -2.14. The van der Waals surface area contributed by atoms with Crippen LogP contribution >= 0.6 is 0 Å². The average molecular weight is 259 g/mol. The molecule has 0 saturated heterocycles. The van der Waals surface area contributed by atoms with Gasteiger partial charge in [0.1, 0.15) is 0 Å². The lowest BCUT2D eigenvalue weighted by molar-refractivity contribution is 0.0766. The summed E-state index contributed by atoms with van der Waals surface area (Å²) in [6, 6.07) is 11.6. The van der Waals surface area contributed by atoms with Gasteiger partial charge in [-0.15, -0.1) is 0 Å². The van der Waals surface area contributed by atoms with E-state index in [-0.39, 0.29) is 11.5 Å². The molecule has 1 aliphatic rings. The molecule has 0 fully saturated rings. The van der Waals surface area contributed by atoms with Crippen LogP contribution in [0.4, 0.5) is 8.78 Å². The van der Waals surface area contributed by atoms with Crippen LogP contribution in [0.3, 0.4) is 0 Å². The number of carbonyl (C=O) groups is 1. The minimum Gasteiger partial charge on any atom is -0.330 e. The highest BCUT2D eigenvalue weighted by Gasteiger charge is 2.28. The van der Waals surface area contributed by atoms with Crippen molar-refractivity contribution in [1.82, 2.24) is 4.90 Å². The average Bonchev–Trinajstić information content (AvgIpc) is 2.69. The third-order valence-electron chi connectivity index (χ3n) is 3.24. The van der Waals surface area contributed by atoms with E-state index < -0.39 is 11.6 Å². The Balaban J connectivity index is 1.87. The zero-order chi connectivity index (χ0) is 13.4. The molecule has 3 rings (SSSR count). The Kier molecular flexibility index (Phi) is 2.78. The van der Waals surface area contributed by atoms with E-state index >= 15 is 0 Å². The number of hydrogen-bond acceptors (Lipinski definition) is 1. The topological polar surface area (TPSA) is 20.3 Å². The van der Waals surface area contributed by atoms with E-state index in [2.05, 4.69) is 0 Å². The SMILES string of the molecule is O=C1c2cc(F)c(F)cc2CN1Cc1ccccc1. The van der Waals surface area contributed by atoms with Crippen LogP contribution in [-0.2, 0) is 13.1 Å². The molecule has 0 unspecified atom stereocenters. The van der Waals surface area contributed by atoms with E-state index in [0.29, 0.717) is 18.7 Å². The van der Waals surface area contributed by atoms with Gasteiger partial charge in [-0.25, -0.2) is 8.78 Å². The summed E-state index contributed by atoms with van der Waals surface area (Å²) in [5.41, 5.74) is 1.79. The predicted molar refractivity (Wildman–Crippen MR) is 66.4 cm³/mol. The normalized spacial score (nSPS) is 13.8. The molecule has 0 spiro atoms. The fourth-order valence-electron chi connectivity index (χ4n) is 2.30. The molecule has 0 aliphatic carbocycles. The third kappa shape index (κ3) is 2.10. The van der Waals surface area contributed by atoms with Crippen LogP contribution in [0.5, 0.6) is 0 Å². The highest BCUT2D eigenvalue weighted by Crippen LogP contribution is 2.26. The van der Waals surface area contributed by atoms with Crippen molar-refractivity contribution in [3.05, 3.63) is 70.8 Å². The smallest absolute Gasteiger partial charge is 0.254 e. The van der Waals surface area contributed by atoms with E-state index in [4.69, 9.17) is 0 Å². The lowest BCUT2D eigenvalue weighted by atomic mass is 10.1. The highest BCUT2D eigenvalue weighted by atomic mass is 19.2. The number of fused-ring (bicyclic) bond motifs is 1. The number of hydrogen-bond donors (Lipinski definition) is 0. The zero-order valence-electron chi connectivity index (χ0n) is 10.1. The molecule has 4 heteroatoms. The number of halogens is 2. The molecule has 0 N–H and O–H groups in total. The standard InChI is InChI=1S/C15H11F2NO/c16-13-6-11-9-18(8-10-4-2-1-3-5-10)15(19)12(11)7-14(13)17/h1-7H,8-9H2. The maximum absolute atomic E-state index is 13.2. The van der Waals surface area contributed by atoms with Crippen LogP contribution in [-0.4, -0.2) is 10.8 Å². The summed E-state index contributed by atoms with van der Waals surface area (Å²) in [7, 11) is 0. The van der Waals surface area contributed by atoms with Crippen LogP contribution in [0.25, 0.3) is 0 Å². The molecule has 96 valence electrons. The van der Waals surface area contributed by atoms with E-state index in [1.807, 2.05) is 30.3 Å². The summed E-state index contributed by atoms with van der Waals surface area (Å²) in [6.07, 6.45) is 0. The third-order valence-corrected chi connectivity index (χ3v) is 3.24. The molecule has 2 aromatic carbocycles. The highest BCUT2D eigenvalue weighted by molar-refractivity contribution is 5.98. The van der Waals surface area contributed by atoms with Crippen LogP contribution in [0.2, 0.25) is 0 Å². The first-order chi connectivity index (χ1) is 9.15. The van der Waals surface area contributed by atoms with E-state index in [9.17, 15) is 13.6 Å². The lowest BCUT2D eigenvalue weighted by Crippen LogP contribution is -2.23. The summed E-state index contributed by atoms with van der Waals surface area (Å²) < 4.78 is 26.3. The summed E-state index contributed by atoms with van der Waals surface area (Å²) in [4.78, 5) is 13.7. The van der Waals surface area contributed by atoms with Crippen molar-refractivity contribution in [2.45, 2.75) is 13.1 Å². The maximum atomic E-state index is 13.2. The van der Waals surface area contributed by atoms with E-state index in [0.717, 1.165) is 17.7 Å². The fourth-order valence-corrected chi connectivity index (χ4v) is 2.30. The minimum absolute atomic E-state index is 0.252. The molecular weight excluding hydrogens is 248 g/mol. The molecule has 2 nitrogen and oxygen atoms in total. The summed E-state index contributed by atoms with van der Waals surface area (Å²) in [6.45, 7) is 0.762. The number of carbonyl (C=O) groups excluding carboxylic acids is 1. The zero-order valence-corrected chi connectivity index (χ0v) is 10.1. The van der Waals surface area contributed by atoms with Crippen molar-refractivity contribution in [3.63, 3.8) is 0 Å². The van der Waals surface area contributed by atoms with Crippen molar-refractivity contribution < 1.29 is 13.6 Å². The number of benzene rings is 2. The van der Waals surface area contributed by atoms with Crippen molar-refractivity contribution in [3.8, 4) is 0 Å². The van der Waals surface area contributed by atoms with Gasteiger partial charge in [-0.1, -0.05) is 30.3 Å². The Hall–Kier alpha value is -2.23. The van der Waals surface area contributed by atoms with Crippen LogP contribution in [0.15, 0.2) is 42.5 Å². The molecule has 0 aromatic heterocycles. The van der Waals surface area contributed by atoms with E-state index in [1.165, 1.54) is 0 Å². The van der Waals surface area contributed by atoms with Gasteiger partial charge in [0.15, 0.2) is 11.6 Å². The van der Waals surface area contributed by atoms with Crippen molar-refractivity contribution in [2.75, 3.05) is 0 Å². The molecule has 2 aromatic rings. The van der Waals surface area contributed by atoms with Gasteiger partial charge in [0.25, 0.3) is 5.91 Å². The van der Waals surface area contributed by atoms with Crippen molar-refractivity contribution in [1.29, 1.82) is 0 Å². The Morgan fingerprint density at radius 2 is 1.74 bits per heavy atom. The van der Waals surface area contributed by atoms with Gasteiger partial charge >= 0.3 is 0 Å². The molecule has 1 amide bonds. The van der Waals surface area contributed by atoms with Gasteiger partial charge < -0.3 is 4.90 Å². The summed E-state index contributed by atoms with van der Waals surface area (Å²) in [5, 5.41) is 0. The van der Waals surface area contributed by atoms with Crippen LogP contribution in [0, 0.1) is 11.6 Å². The largest absolute Gasteiger partial charge is 0.330 e. The van der Waals surface area contributed by atoms with Crippen molar-refractivity contribution >= 4 is 5.91 Å². The Morgan fingerprint density at radius 1 is 1.05 bits per heavy atom. The molecular formula is C15H11F2NO. The molecule has 1 aliphatic heterocycles. The second-order valence-electron chi connectivity index (χ2n) is 4.57. The quantitative estimate of drug-likeness (QED) is 0.811. The summed E-state index contributed by atoms with van der Waals surface area (Å²) >= 11 is 0. The first kappa shape index (κ1) is 11.8. The first-order valence-corrected chi connectivity index (χ1v) is 5.96. The molecule has 0 atom stereocenters. The molecule has 0 saturated carbocycles. The lowest BCUT2D eigenvalue weighted by Gasteiger charge is -2.15. The monoisotopic (exact) mass is 259 g/mol. The second-order valence-corrected chi connectivity index (χ2v) is 4.57. The second kappa shape index (κ2) is 4.46. The molecule has 1 heterocycles. The Morgan fingerprint density at radius 3 is 2.47 bits per heavy atom.